The second-order valence-electron chi connectivity index (χ2n) is 7.08. The van der Waals surface area contributed by atoms with Crippen molar-refractivity contribution >= 4 is 10.2 Å². The maximum Gasteiger partial charge on any atom is 0.279 e. The van der Waals surface area contributed by atoms with Gasteiger partial charge in [-0.05, 0) is 44.6 Å². The second kappa shape index (κ2) is 8.46. The van der Waals surface area contributed by atoms with E-state index in [9.17, 15) is 8.42 Å². The number of nitrogens with one attached hydrogen (secondary N) is 2. The zero-order valence-electron chi connectivity index (χ0n) is 14.2. The molecule has 0 saturated carbocycles. The molecule has 1 saturated heterocycles. The van der Waals surface area contributed by atoms with Crippen molar-refractivity contribution in [3.63, 3.8) is 0 Å². The van der Waals surface area contributed by atoms with Gasteiger partial charge in [0.15, 0.2) is 0 Å². The van der Waals surface area contributed by atoms with E-state index in [1.165, 1.54) is 0 Å². The maximum absolute atomic E-state index is 12.5. The van der Waals surface area contributed by atoms with Crippen LogP contribution in [-0.4, -0.2) is 44.4 Å². The fourth-order valence-electron chi connectivity index (χ4n) is 2.90. The predicted octanol–water partition coefficient (Wildman–Crippen LogP) is 1.97. The third-order valence-corrected chi connectivity index (χ3v) is 5.52. The van der Waals surface area contributed by atoms with Gasteiger partial charge in [0.05, 0.1) is 0 Å². The van der Waals surface area contributed by atoms with Gasteiger partial charge in [0.2, 0.25) is 0 Å². The molecule has 1 fully saturated rings. The van der Waals surface area contributed by atoms with Crippen molar-refractivity contribution in [3.8, 4) is 0 Å². The molecular formula is C15H33N3O2S. The van der Waals surface area contributed by atoms with E-state index in [2.05, 4.69) is 37.7 Å². The van der Waals surface area contributed by atoms with E-state index in [1.807, 2.05) is 6.92 Å². The Morgan fingerprint density at radius 3 is 2.43 bits per heavy atom. The predicted molar refractivity (Wildman–Crippen MR) is 88.4 cm³/mol. The number of hydrogen-bond acceptors (Lipinski definition) is 3. The zero-order chi connectivity index (χ0) is 16.0. The molecule has 1 heterocycles. The van der Waals surface area contributed by atoms with Crippen LogP contribution >= 0.6 is 0 Å². The third-order valence-electron chi connectivity index (χ3n) is 3.81. The number of hydrogen-bond donors (Lipinski definition) is 2. The van der Waals surface area contributed by atoms with Gasteiger partial charge in [0.25, 0.3) is 10.2 Å². The van der Waals surface area contributed by atoms with Crippen LogP contribution in [0.1, 0.15) is 53.9 Å². The summed E-state index contributed by atoms with van der Waals surface area (Å²) in [4.78, 5) is 0. The Labute approximate surface area is 131 Å². The molecule has 0 aromatic rings. The first-order valence-electron chi connectivity index (χ1n) is 8.21. The molecule has 0 spiro atoms. The lowest BCUT2D eigenvalue weighted by Crippen LogP contribution is -2.50. The molecule has 0 amide bonds. The average molecular weight is 320 g/mol. The Morgan fingerprint density at radius 1 is 1.19 bits per heavy atom. The van der Waals surface area contributed by atoms with Gasteiger partial charge in [-0.15, -0.1) is 0 Å². The van der Waals surface area contributed by atoms with Crippen LogP contribution in [0.5, 0.6) is 0 Å². The van der Waals surface area contributed by atoms with E-state index in [-0.39, 0.29) is 6.04 Å². The molecule has 2 atom stereocenters. The van der Waals surface area contributed by atoms with Crippen LogP contribution in [0.4, 0.5) is 0 Å². The fourth-order valence-corrected chi connectivity index (χ4v) is 4.43. The van der Waals surface area contributed by atoms with Crippen LogP contribution < -0.4 is 10.0 Å². The summed E-state index contributed by atoms with van der Waals surface area (Å²) in [6.45, 7) is 12.6. The first-order chi connectivity index (χ1) is 9.70. The highest BCUT2D eigenvalue weighted by atomic mass is 32.2. The van der Waals surface area contributed by atoms with Crippen molar-refractivity contribution in [1.82, 2.24) is 14.3 Å². The molecule has 1 aliphatic rings. The summed E-state index contributed by atoms with van der Waals surface area (Å²) >= 11 is 0. The van der Waals surface area contributed by atoms with Gasteiger partial charge in [-0.25, -0.2) is 0 Å². The van der Waals surface area contributed by atoms with Crippen LogP contribution in [0, 0.1) is 11.8 Å². The van der Waals surface area contributed by atoms with Crippen LogP contribution in [-0.2, 0) is 10.2 Å². The molecular weight excluding hydrogens is 286 g/mol. The van der Waals surface area contributed by atoms with Gasteiger partial charge in [-0.3, -0.25) is 0 Å². The summed E-state index contributed by atoms with van der Waals surface area (Å²) in [7, 11) is -3.34. The lowest BCUT2D eigenvalue weighted by atomic mass is 9.99. The number of rotatable bonds is 8. The van der Waals surface area contributed by atoms with Gasteiger partial charge in [0.1, 0.15) is 0 Å². The van der Waals surface area contributed by atoms with Crippen molar-refractivity contribution in [1.29, 1.82) is 0 Å². The maximum atomic E-state index is 12.5. The number of nitrogens with zero attached hydrogens (tertiary/aromatic N) is 1. The van der Waals surface area contributed by atoms with E-state index in [1.54, 1.807) is 4.31 Å². The molecule has 2 N–H and O–H groups in total. The standard InChI is InChI=1S/C15H33N3O2S/c1-12(2)9-14(5)17-21(19,20)18-8-6-7-15(11-18)10-16-13(3)4/h12-17H,6-11H2,1-5H3. The minimum absolute atomic E-state index is 0.0100. The normalized spacial score (nSPS) is 22.9. The molecule has 1 rings (SSSR count). The minimum atomic E-state index is -3.34. The van der Waals surface area contributed by atoms with E-state index >= 15 is 0 Å². The zero-order valence-corrected chi connectivity index (χ0v) is 15.0. The third kappa shape index (κ3) is 7.08. The van der Waals surface area contributed by atoms with Crippen LogP contribution in [0.25, 0.3) is 0 Å². The summed E-state index contributed by atoms with van der Waals surface area (Å²) in [6, 6.07) is 0.435. The largest absolute Gasteiger partial charge is 0.314 e. The van der Waals surface area contributed by atoms with E-state index in [0.717, 1.165) is 25.8 Å². The van der Waals surface area contributed by atoms with Gasteiger partial charge < -0.3 is 5.32 Å². The first kappa shape index (κ1) is 18.9. The molecule has 0 aromatic carbocycles. The van der Waals surface area contributed by atoms with E-state index in [0.29, 0.717) is 31.0 Å². The Bertz CT molecular complexity index is 396. The molecule has 6 heteroatoms. The lowest BCUT2D eigenvalue weighted by molar-refractivity contribution is 0.252. The summed E-state index contributed by atoms with van der Waals surface area (Å²) in [5, 5.41) is 3.41. The Balaban J connectivity index is 2.53. The van der Waals surface area contributed by atoms with Crippen molar-refractivity contribution in [2.24, 2.45) is 11.8 Å². The van der Waals surface area contributed by atoms with Crippen LogP contribution in [0.2, 0.25) is 0 Å². The molecule has 21 heavy (non-hydrogen) atoms. The summed E-state index contributed by atoms with van der Waals surface area (Å²) < 4.78 is 29.4. The molecule has 0 aromatic heterocycles. The topological polar surface area (TPSA) is 61.4 Å². The molecule has 0 bridgehead atoms. The molecule has 0 radical (unpaired) electrons. The van der Waals surface area contributed by atoms with Crippen molar-refractivity contribution in [3.05, 3.63) is 0 Å². The average Bonchev–Trinajstić information content (AvgIpc) is 2.35. The molecule has 2 unspecified atom stereocenters. The summed E-state index contributed by atoms with van der Waals surface area (Å²) in [5.74, 6) is 0.908. The Morgan fingerprint density at radius 2 is 1.86 bits per heavy atom. The van der Waals surface area contributed by atoms with E-state index in [4.69, 9.17) is 0 Å². The lowest BCUT2D eigenvalue weighted by Gasteiger charge is -2.33. The van der Waals surface area contributed by atoms with Gasteiger partial charge in [0, 0.05) is 25.2 Å². The monoisotopic (exact) mass is 319 g/mol. The van der Waals surface area contributed by atoms with Gasteiger partial charge in [-0.1, -0.05) is 27.7 Å². The SMILES string of the molecule is CC(C)CC(C)NS(=O)(=O)N1CCCC(CNC(C)C)C1. The van der Waals surface area contributed by atoms with Crippen LogP contribution in [0.3, 0.4) is 0 Å². The molecule has 126 valence electrons. The summed E-state index contributed by atoms with van der Waals surface area (Å²) in [6.07, 6.45) is 2.92. The Hall–Kier alpha value is -0.170. The highest BCUT2D eigenvalue weighted by Gasteiger charge is 2.29. The smallest absolute Gasteiger partial charge is 0.279 e. The summed E-state index contributed by atoms with van der Waals surface area (Å²) in [5.41, 5.74) is 0. The first-order valence-corrected chi connectivity index (χ1v) is 9.65. The van der Waals surface area contributed by atoms with Crippen molar-refractivity contribution in [2.45, 2.75) is 66.0 Å². The van der Waals surface area contributed by atoms with Crippen molar-refractivity contribution in [2.75, 3.05) is 19.6 Å². The number of piperidine rings is 1. The quantitative estimate of drug-likeness (QED) is 0.719. The Kier molecular flexibility index (Phi) is 7.60. The highest BCUT2D eigenvalue weighted by molar-refractivity contribution is 7.87. The van der Waals surface area contributed by atoms with Crippen molar-refractivity contribution < 1.29 is 8.42 Å². The fraction of sp³-hybridized carbons (Fsp3) is 1.00. The van der Waals surface area contributed by atoms with Crippen LogP contribution in [0.15, 0.2) is 0 Å². The second-order valence-corrected chi connectivity index (χ2v) is 8.78. The molecule has 0 aliphatic carbocycles. The highest BCUT2D eigenvalue weighted by Crippen LogP contribution is 2.19. The molecule has 5 nitrogen and oxygen atoms in total. The van der Waals surface area contributed by atoms with Gasteiger partial charge in [-0.2, -0.15) is 17.4 Å². The van der Waals surface area contributed by atoms with Gasteiger partial charge >= 0.3 is 0 Å². The van der Waals surface area contributed by atoms with E-state index < -0.39 is 10.2 Å². The minimum Gasteiger partial charge on any atom is -0.314 e. The molecule has 1 aliphatic heterocycles.